The number of halogens is 1. The molecule has 2 aliphatic carbocycles. The molecule has 3 rings (SSSR count). The number of tetrazole rings is 1. The van der Waals surface area contributed by atoms with Crippen LogP contribution in [0.1, 0.15) is 58.4 Å². The lowest BCUT2D eigenvalue weighted by Gasteiger charge is -2.33. The Labute approximate surface area is 158 Å². The zero-order valence-corrected chi connectivity index (χ0v) is 16.1. The molecule has 0 aromatic carbocycles. The smallest absolute Gasteiger partial charge is 0.320 e. The number of nitrogens with zero attached hydrogens (tertiary/aromatic N) is 5. The molecule has 26 heavy (non-hydrogen) atoms. The van der Waals surface area contributed by atoms with Gasteiger partial charge < -0.3 is 4.90 Å². The monoisotopic (exact) mass is 379 g/mol. The number of carbonyl (C=O) groups excluding carboxylic acids is 1. The first kappa shape index (κ1) is 18.9. The van der Waals surface area contributed by atoms with Crippen LogP contribution in [0.15, 0.2) is 29.1 Å². The molecule has 1 aromatic rings. The van der Waals surface area contributed by atoms with E-state index in [0.29, 0.717) is 6.54 Å². The standard InChI is InChI=1S/C18H26ClN5O2/c1-3-13-22(14-9-5-4-6-10-14)16(25)24-17(26)23(20-21-24)15-11-7-8-12-18(15,2)19/h7-8,11-12,14-15H,3-6,9-10,13H2,1-2H3. The van der Waals surface area contributed by atoms with Gasteiger partial charge in [-0.05, 0) is 36.6 Å². The summed E-state index contributed by atoms with van der Waals surface area (Å²) < 4.78 is 2.07. The highest BCUT2D eigenvalue weighted by atomic mass is 35.5. The second kappa shape index (κ2) is 7.78. The highest BCUT2D eigenvalue weighted by Crippen LogP contribution is 2.33. The fourth-order valence-corrected chi connectivity index (χ4v) is 4.00. The Morgan fingerprint density at radius 3 is 2.69 bits per heavy atom. The van der Waals surface area contributed by atoms with Crippen molar-refractivity contribution in [3.8, 4) is 0 Å². The van der Waals surface area contributed by atoms with Gasteiger partial charge >= 0.3 is 11.7 Å². The van der Waals surface area contributed by atoms with E-state index in [1.807, 2.05) is 19.1 Å². The summed E-state index contributed by atoms with van der Waals surface area (Å²) in [5.41, 5.74) is -0.552. The van der Waals surface area contributed by atoms with E-state index < -0.39 is 16.6 Å². The molecular formula is C18H26ClN5O2. The molecule has 0 aliphatic heterocycles. The molecule has 1 aromatic heterocycles. The Morgan fingerprint density at radius 1 is 1.31 bits per heavy atom. The van der Waals surface area contributed by atoms with Gasteiger partial charge in [0.15, 0.2) is 0 Å². The summed E-state index contributed by atoms with van der Waals surface area (Å²) in [4.78, 5) is 26.8. The van der Waals surface area contributed by atoms with Crippen LogP contribution in [0.4, 0.5) is 4.79 Å². The van der Waals surface area contributed by atoms with Gasteiger partial charge in [0, 0.05) is 12.6 Å². The van der Waals surface area contributed by atoms with Crippen molar-refractivity contribution in [3.05, 3.63) is 34.8 Å². The fourth-order valence-electron chi connectivity index (χ4n) is 3.76. The molecule has 0 bridgehead atoms. The third-order valence-corrected chi connectivity index (χ3v) is 5.53. The third kappa shape index (κ3) is 3.63. The second-order valence-electron chi connectivity index (χ2n) is 7.23. The van der Waals surface area contributed by atoms with Crippen molar-refractivity contribution in [2.24, 2.45) is 0 Å². The molecule has 0 N–H and O–H groups in total. The van der Waals surface area contributed by atoms with Crippen LogP contribution in [0.5, 0.6) is 0 Å². The number of amides is 1. The molecule has 142 valence electrons. The molecule has 2 unspecified atom stereocenters. The number of allylic oxidation sites excluding steroid dienone is 4. The van der Waals surface area contributed by atoms with Crippen LogP contribution in [0.3, 0.4) is 0 Å². The van der Waals surface area contributed by atoms with E-state index in [9.17, 15) is 9.59 Å². The molecule has 0 radical (unpaired) electrons. The van der Waals surface area contributed by atoms with Gasteiger partial charge in [-0.1, -0.05) is 50.5 Å². The summed E-state index contributed by atoms with van der Waals surface area (Å²) in [6.45, 7) is 4.45. The Morgan fingerprint density at radius 2 is 2.04 bits per heavy atom. The van der Waals surface area contributed by atoms with Crippen molar-refractivity contribution < 1.29 is 4.79 Å². The van der Waals surface area contributed by atoms with E-state index >= 15 is 0 Å². The fraction of sp³-hybridized carbons (Fsp3) is 0.667. The van der Waals surface area contributed by atoms with Crippen molar-refractivity contribution in [1.29, 1.82) is 0 Å². The number of rotatable bonds is 4. The third-order valence-electron chi connectivity index (χ3n) is 5.18. The minimum atomic E-state index is -0.797. The molecule has 1 fully saturated rings. The molecule has 1 saturated carbocycles. The van der Waals surface area contributed by atoms with Crippen LogP contribution in [-0.2, 0) is 0 Å². The van der Waals surface area contributed by atoms with E-state index in [-0.39, 0.29) is 12.1 Å². The molecule has 2 atom stereocenters. The molecule has 7 nitrogen and oxygen atoms in total. The van der Waals surface area contributed by atoms with Crippen molar-refractivity contribution in [1.82, 2.24) is 24.7 Å². The van der Waals surface area contributed by atoms with Crippen LogP contribution < -0.4 is 5.69 Å². The molecule has 8 heteroatoms. The predicted molar refractivity (Wildman–Crippen MR) is 101 cm³/mol. The molecule has 2 aliphatic rings. The van der Waals surface area contributed by atoms with Gasteiger partial charge in [-0.15, -0.1) is 16.3 Å². The average molecular weight is 380 g/mol. The molecule has 1 heterocycles. The van der Waals surface area contributed by atoms with Gasteiger partial charge in [0.05, 0.1) is 4.87 Å². The minimum absolute atomic E-state index is 0.170. The zero-order valence-electron chi connectivity index (χ0n) is 15.3. The summed E-state index contributed by atoms with van der Waals surface area (Å²) >= 11 is 6.50. The maximum Gasteiger partial charge on any atom is 0.373 e. The highest BCUT2D eigenvalue weighted by molar-refractivity contribution is 6.25. The quantitative estimate of drug-likeness (QED) is 0.595. The summed E-state index contributed by atoms with van der Waals surface area (Å²) in [5, 5.41) is 7.81. The summed E-state index contributed by atoms with van der Waals surface area (Å²) in [6.07, 6.45) is 13.5. The summed E-state index contributed by atoms with van der Waals surface area (Å²) in [6, 6.07) is -0.705. The van der Waals surface area contributed by atoms with E-state index in [1.54, 1.807) is 24.0 Å². The largest absolute Gasteiger partial charge is 0.373 e. The SMILES string of the molecule is CCCN(C(=O)n1nnn(C2C=CC=CC2(C)Cl)c1=O)C1CCCCC1. The van der Waals surface area contributed by atoms with Gasteiger partial charge in [0.2, 0.25) is 0 Å². The van der Waals surface area contributed by atoms with Gasteiger partial charge in [0.1, 0.15) is 6.04 Å². The van der Waals surface area contributed by atoms with Crippen LogP contribution in [0.25, 0.3) is 0 Å². The van der Waals surface area contributed by atoms with Crippen LogP contribution in [0, 0.1) is 0 Å². The lowest BCUT2D eigenvalue weighted by atomic mass is 9.94. The first-order chi connectivity index (χ1) is 12.5. The number of hydrogen-bond acceptors (Lipinski definition) is 4. The molecule has 1 amide bonds. The Kier molecular flexibility index (Phi) is 5.65. The maximum absolute atomic E-state index is 13.0. The Bertz CT molecular complexity index is 758. The van der Waals surface area contributed by atoms with E-state index in [0.717, 1.165) is 36.8 Å². The van der Waals surface area contributed by atoms with Gasteiger partial charge in [-0.3, -0.25) is 0 Å². The lowest BCUT2D eigenvalue weighted by Crippen LogP contribution is -2.48. The Hall–Kier alpha value is -1.89. The van der Waals surface area contributed by atoms with Crippen molar-refractivity contribution >= 4 is 17.6 Å². The average Bonchev–Trinajstić information content (AvgIpc) is 3.01. The number of aromatic nitrogens is 4. The first-order valence-electron chi connectivity index (χ1n) is 9.36. The topological polar surface area (TPSA) is 73.0 Å². The van der Waals surface area contributed by atoms with Crippen molar-refractivity contribution in [2.75, 3.05) is 6.54 Å². The maximum atomic E-state index is 13.0. The van der Waals surface area contributed by atoms with Gasteiger partial charge in [-0.25, -0.2) is 9.59 Å². The number of alkyl halides is 1. The van der Waals surface area contributed by atoms with Crippen molar-refractivity contribution in [3.63, 3.8) is 0 Å². The normalized spacial score (nSPS) is 26.2. The van der Waals surface area contributed by atoms with Crippen molar-refractivity contribution in [2.45, 2.75) is 69.3 Å². The number of carbonyl (C=O) groups is 1. The molecule has 0 spiro atoms. The number of hydrogen-bond donors (Lipinski definition) is 0. The van der Waals surface area contributed by atoms with E-state index in [4.69, 9.17) is 11.6 Å². The van der Waals surface area contributed by atoms with Gasteiger partial charge in [-0.2, -0.15) is 4.68 Å². The first-order valence-corrected chi connectivity index (χ1v) is 9.74. The van der Waals surface area contributed by atoms with Crippen LogP contribution in [0.2, 0.25) is 0 Å². The van der Waals surface area contributed by atoms with E-state index in [2.05, 4.69) is 10.4 Å². The Balaban J connectivity index is 1.88. The molecular weight excluding hydrogens is 354 g/mol. The second-order valence-corrected chi connectivity index (χ2v) is 8.04. The molecule has 0 saturated heterocycles. The van der Waals surface area contributed by atoms with Crippen LogP contribution in [-0.4, -0.2) is 48.2 Å². The highest BCUT2D eigenvalue weighted by Gasteiger charge is 2.35. The van der Waals surface area contributed by atoms with Crippen LogP contribution >= 0.6 is 11.6 Å². The lowest BCUT2D eigenvalue weighted by molar-refractivity contribution is 0.153. The van der Waals surface area contributed by atoms with E-state index in [1.165, 1.54) is 11.1 Å². The summed E-state index contributed by atoms with van der Waals surface area (Å²) in [5.74, 6) is 0. The predicted octanol–water partition coefficient (Wildman–Crippen LogP) is 3.12. The minimum Gasteiger partial charge on any atom is -0.320 e. The van der Waals surface area contributed by atoms with Gasteiger partial charge in [0.25, 0.3) is 0 Å². The summed E-state index contributed by atoms with van der Waals surface area (Å²) in [7, 11) is 0. The zero-order chi connectivity index (χ0) is 18.7.